The molecule has 4 bridgehead atoms. The van der Waals surface area contributed by atoms with Crippen LogP contribution in [0.15, 0.2) is 0 Å². The maximum Gasteiger partial charge on any atom is 0.322 e. The van der Waals surface area contributed by atoms with Crippen LogP contribution in [0.25, 0.3) is 0 Å². The van der Waals surface area contributed by atoms with Crippen molar-refractivity contribution in [1.82, 2.24) is 0 Å². The van der Waals surface area contributed by atoms with Gasteiger partial charge in [-0.25, -0.2) is 0 Å². The number of alkyl halides is 2. The molecule has 4 fully saturated rings. The minimum Gasteiger partial charge on any atom is -0.464 e. The normalized spacial score (nSPS) is 44.4. The highest BCUT2D eigenvalue weighted by Crippen LogP contribution is 2.59. The Hall–Kier alpha value is 0.320. The van der Waals surface area contributed by atoms with Gasteiger partial charge in [0.05, 0.1) is 17.8 Å². The molecule has 4 saturated carbocycles. The summed E-state index contributed by atoms with van der Waals surface area (Å²) in [4.78, 5) is 25.8. The van der Waals surface area contributed by atoms with Crippen molar-refractivity contribution in [3.63, 3.8) is 0 Å². The van der Waals surface area contributed by atoms with Crippen molar-refractivity contribution in [1.29, 1.82) is 0 Å². The minimum atomic E-state index is -0.746. The molecular formula is C34H56I2O6. The molecule has 4 rings (SSSR count). The van der Waals surface area contributed by atoms with Gasteiger partial charge in [-0.05, 0) is 134 Å². The van der Waals surface area contributed by atoms with E-state index in [-0.39, 0.29) is 41.0 Å². The van der Waals surface area contributed by atoms with Crippen LogP contribution in [-0.2, 0) is 19.1 Å². The van der Waals surface area contributed by atoms with Crippen LogP contribution in [-0.4, -0.2) is 52.4 Å². The Bertz CT molecular complexity index is 994. The van der Waals surface area contributed by atoms with E-state index in [1.54, 1.807) is 0 Å². The number of carbonyl (C=O) groups excluding carboxylic acids is 2. The number of hydrogen-bond acceptors (Lipinski definition) is 6. The molecule has 4 aliphatic carbocycles. The summed E-state index contributed by atoms with van der Waals surface area (Å²) in [5.74, 6) is 0.619. The molecule has 9 unspecified atom stereocenters. The number of aliphatic hydroxyl groups is 2. The van der Waals surface area contributed by atoms with Crippen LogP contribution in [0.2, 0.25) is 0 Å². The van der Waals surface area contributed by atoms with E-state index in [1.807, 2.05) is 34.6 Å². The fourth-order valence-corrected chi connectivity index (χ4v) is 9.35. The number of fused-ring (bicyclic) bond motifs is 4. The van der Waals surface area contributed by atoms with Crippen LogP contribution in [0, 0.1) is 35.0 Å². The molecule has 0 aromatic carbocycles. The quantitative estimate of drug-likeness (QED) is 0.132. The van der Waals surface area contributed by atoms with Gasteiger partial charge in [-0.3, -0.25) is 9.59 Å². The van der Waals surface area contributed by atoms with Crippen molar-refractivity contribution in [3.05, 3.63) is 0 Å². The molecule has 6 nitrogen and oxygen atoms in total. The van der Waals surface area contributed by atoms with E-state index >= 15 is 0 Å². The number of esters is 2. The summed E-state index contributed by atoms with van der Waals surface area (Å²) >= 11 is 4.40. The van der Waals surface area contributed by atoms with Gasteiger partial charge < -0.3 is 19.7 Å². The van der Waals surface area contributed by atoms with E-state index in [4.69, 9.17) is 9.47 Å². The standard InChI is InChI=1S/C34H56I2O6/c1-8-31(5,35)27(37)41-21-29(3)17-23-14-13-22(26(20-29)33(23,7)39)15-16-34(40)24-11-10-12-25(34)19-30(4,18-24)42-28(38)32(6,36)9-2/h22-26,39-40H,8-21H2,1-7H3. The van der Waals surface area contributed by atoms with E-state index in [2.05, 4.69) is 59.0 Å². The Kier molecular flexibility index (Phi) is 10.5. The van der Waals surface area contributed by atoms with E-state index < -0.39 is 23.6 Å². The largest absolute Gasteiger partial charge is 0.464 e. The average Bonchev–Trinajstić information content (AvgIpc) is 2.89. The second-order valence-corrected chi connectivity index (χ2v) is 20.6. The van der Waals surface area contributed by atoms with Gasteiger partial charge in [-0.1, -0.05) is 72.4 Å². The topological polar surface area (TPSA) is 93.1 Å². The Labute approximate surface area is 281 Å². The van der Waals surface area contributed by atoms with Crippen molar-refractivity contribution in [3.8, 4) is 0 Å². The summed E-state index contributed by atoms with van der Waals surface area (Å²) in [7, 11) is 0. The van der Waals surface area contributed by atoms with Crippen molar-refractivity contribution < 1.29 is 29.3 Å². The summed E-state index contributed by atoms with van der Waals surface area (Å²) < 4.78 is 11.1. The summed E-state index contributed by atoms with van der Waals surface area (Å²) in [6, 6.07) is 0. The van der Waals surface area contributed by atoms with Crippen LogP contribution in [0.1, 0.15) is 132 Å². The van der Waals surface area contributed by atoms with E-state index in [0.29, 0.717) is 25.4 Å². The molecule has 8 heteroatoms. The third-order valence-electron chi connectivity index (χ3n) is 12.3. The second-order valence-electron chi connectivity index (χ2n) is 15.9. The first kappa shape index (κ1) is 35.2. The van der Waals surface area contributed by atoms with Crippen LogP contribution in [0.4, 0.5) is 0 Å². The van der Waals surface area contributed by atoms with E-state index in [1.165, 1.54) is 0 Å². The van der Waals surface area contributed by atoms with Crippen LogP contribution in [0.3, 0.4) is 0 Å². The number of halogens is 2. The lowest BCUT2D eigenvalue weighted by Gasteiger charge is -2.58. The first-order valence-corrected chi connectivity index (χ1v) is 18.7. The van der Waals surface area contributed by atoms with Gasteiger partial charge >= 0.3 is 11.9 Å². The van der Waals surface area contributed by atoms with Crippen molar-refractivity contribution >= 4 is 57.1 Å². The molecule has 4 aliphatic rings. The van der Waals surface area contributed by atoms with Gasteiger partial charge in [0.15, 0.2) is 0 Å². The van der Waals surface area contributed by atoms with Gasteiger partial charge in [0.1, 0.15) is 12.4 Å². The maximum absolute atomic E-state index is 13.0. The zero-order valence-corrected chi connectivity index (χ0v) is 31.4. The molecule has 0 heterocycles. The first-order valence-electron chi connectivity index (χ1n) is 16.5. The number of hydrogen-bond donors (Lipinski definition) is 2. The lowest BCUT2D eigenvalue weighted by molar-refractivity contribution is -0.204. The Morgan fingerprint density at radius 1 is 0.833 bits per heavy atom. The Balaban J connectivity index is 1.44. The van der Waals surface area contributed by atoms with Crippen molar-refractivity contribution in [2.45, 2.75) is 156 Å². The van der Waals surface area contributed by atoms with Crippen LogP contribution >= 0.6 is 45.2 Å². The molecule has 0 amide bonds. The van der Waals surface area contributed by atoms with Crippen LogP contribution < -0.4 is 0 Å². The summed E-state index contributed by atoms with van der Waals surface area (Å²) in [5, 5.41) is 24.1. The molecule has 0 aliphatic heterocycles. The highest BCUT2D eigenvalue weighted by atomic mass is 127. The third kappa shape index (κ3) is 7.01. The summed E-state index contributed by atoms with van der Waals surface area (Å²) in [6.45, 7) is 14.6. The molecule has 0 radical (unpaired) electrons. The van der Waals surface area contributed by atoms with Gasteiger partial charge in [0.2, 0.25) is 0 Å². The first-order chi connectivity index (χ1) is 19.3. The molecule has 0 aromatic rings. The van der Waals surface area contributed by atoms with Crippen LogP contribution in [0.5, 0.6) is 0 Å². The molecule has 0 saturated heterocycles. The van der Waals surface area contributed by atoms with Gasteiger partial charge in [0, 0.05) is 5.41 Å². The van der Waals surface area contributed by atoms with Crippen molar-refractivity contribution in [2.75, 3.05) is 6.61 Å². The van der Waals surface area contributed by atoms with Gasteiger partial charge in [-0.2, -0.15) is 0 Å². The molecule has 2 N–H and O–H groups in total. The van der Waals surface area contributed by atoms with E-state index in [9.17, 15) is 19.8 Å². The lowest BCUT2D eigenvalue weighted by Crippen LogP contribution is -2.59. The third-order valence-corrected chi connectivity index (χ3v) is 14.8. The molecule has 0 spiro atoms. The highest BCUT2D eigenvalue weighted by molar-refractivity contribution is 14.1. The number of ether oxygens (including phenoxy) is 2. The molecule has 0 aromatic heterocycles. The Morgan fingerprint density at radius 2 is 1.40 bits per heavy atom. The number of rotatable bonds is 10. The van der Waals surface area contributed by atoms with Gasteiger partial charge in [0.25, 0.3) is 0 Å². The predicted molar refractivity (Wildman–Crippen MR) is 183 cm³/mol. The second kappa shape index (κ2) is 12.5. The zero-order valence-electron chi connectivity index (χ0n) is 27.1. The molecule has 42 heavy (non-hydrogen) atoms. The molecular weight excluding hydrogens is 758 g/mol. The SMILES string of the molecule is CCC(C)(I)C(=O)OCC1(C)CC2CCC(CCC3(O)C4CCCC3CC(C)(OC(=O)C(C)(I)CC)C4)C(C1)C2(C)O. The predicted octanol–water partition coefficient (Wildman–Crippen LogP) is 7.95. The molecule has 242 valence electrons. The molecule has 9 atom stereocenters. The average molecular weight is 815 g/mol. The minimum absolute atomic E-state index is 0.124. The fraction of sp³-hybridized carbons (Fsp3) is 0.941. The lowest BCUT2D eigenvalue weighted by atomic mass is 9.50. The van der Waals surface area contributed by atoms with Crippen molar-refractivity contribution in [2.24, 2.45) is 35.0 Å². The zero-order chi connectivity index (χ0) is 31.4. The summed E-state index contributed by atoms with van der Waals surface area (Å²) in [6.07, 6.45) is 11.4. The monoisotopic (exact) mass is 814 g/mol. The van der Waals surface area contributed by atoms with Gasteiger partial charge in [-0.15, -0.1) is 0 Å². The fourth-order valence-electron chi connectivity index (χ4n) is 9.09. The smallest absolute Gasteiger partial charge is 0.322 e. The highest BCUT2D eigenvalue weighted by Gasteiger charge is 2.58. The van der Waals surface area contributed by atoms with E-state index in [0.717, 1.165) is 70.6 Å². The number of carbonyl (C=O) groups is 2. The maximum atomic E-state index is 13.0. The summed E-state index contributed by atoms with van der Waals surface area (Å²) in [5.41, 5.74) is -2.17. The Morgan fingerprint density at radius 3 is 1.98 bits per heavy atom.